The summed E-state index contributed by atoms with van der Waals surface area (Å²) >= 11 is 0. The number of nitrogens with one attached hydrogen (secondary N) is 2. The number of hydrogen-bond acceptors (Lipinski definition) is 7. The third-order valence-electron chi connectivity index (χ3n) is 5.12. The summed E-state index contributed by atoms with van der Waals surface area (Å²) in [6.07, 6.45) is -0.0945. The third-order valence-corrected chi connectivity index (χ3v) is 5.12. The molecule has 0 saturated carbocycles. The number of aliphatic hydroxyl groups is 1. The molecule has 1 aliphatic heterocycles. The highest BCUT2D eigenvalue weighted by Gasteiger charge is 2.33. The van der Waals surface area contributed by atoms with E-state index in [9.17, 15) is 19.5 Å². The van der Waals surface area contributed by atoms with Crippen LogP contribution in [0.4, 0.5) is 10.5 Å². The van der Waals surface area contributed by atoms with Crippen LogP contribution in [-0.2, 0) is 9.63 Å². The number of aromatic nitrogens is 1. The fourth-order valence-electron chi connectivity index (χ4n) is 3.29. The van der Waals surface area contributed by atoms with Crippen molar-refractivity contribution in [1.82, 2.24) is 20.3 Å². The molecule has 1 aliphatic rings. The van der Waals surface area contributed by atoms with Crippen molar-refractivity contribution in [3.8, 4) is 0 Å². The van der Waals surface area contributed by atoms with Crippen LogP contribution in [0.5, 0.6) is 0 Å². The van der Waals surface area contributed by atoms with Crippen molar-refractivity contribution in [1.29, 1.82) is 0 Å². The molecule has 31 heavy (non-hydrogen) atoms. The van der Waals surface area contributed by atoms with Gasteiger partial charge in [-0.3, -0.25) is 19.9 Å². The number of hydroxylamine groups is 2. The first-order valence-electron chi connectivity index (χ1n) is 10.3. The Morgan fingerprint density at radius 3 is 2.71 bits per heavy atom. The number of aliphatic hydroxyl groups excluding tert-OH is 1. The molecule has 166 valence electrons. The lowest BCUT2D eigenvalue weighted by molar-refractivity contribution is -0.187. The molecule has 1 saturated heterocycles. The van der Waals surface area contributed by atoms with Gasteiger partial charge in [0.2, 0.25) is 0 Å². The summed E-state index contributed by atoms with van der Waals surface area (Å²) in [5, 5.41) is 17.2. The minimum absolute atomic E-state index is 0.122. The molecule has 1 atom stereocenters. The Balaban J connectivity index is 1.63. The van der Waals surface area contributed by atoms with Crippen LogP contribution in [0.25, 0.3) is 10.8 Å². The Morgan fingerprint density at radius 2 is 2.03 bits per heavy atom. The van der Waals surface area contributed by atoms with Gasteiger partial charge in [0, 0.05) is 43.2 Å². The lowest BCUT2D eigenvalue weighted by Crippen LogP contribution is -2.36. The fraction of sp³-hybridized carbons (Fsp3) is 0.429. The zero-order chi connectivity index (χ0) is 22.4. The first kappa shape index (κ1) is 22.4. The number of hydrogen-bond donors (Lipinski definition) is 3. The summed E-state index contributed by atoms with van der Waals surface area (Å²) in [5.41, 5.74) is 0.690. The van der Waals surface area contributed by atoms with Crippen LogP contribution in [0.3, 0.4) is 0 Å². The predicted molar refractivity (Wildman–Crippen MR) is 114 cm³/mol. The average Bonchev–Trinajstić information content (AvgIpc) is 3.08. The van der Waals surface area contributed by atoms with Gasteiger partial charge in [0.25, 0.3) is 11.8 Å². The van der Waals surface area contributed by atoms with E-state index in [1.807, 2.05) is 0 Å². The normalized spacial score (nSPS) is 16.1. The summed E-state index contributed by atoms with van der Waals surface area (Å²) in [5.74, 6) is -0.725. The van der Waals surface area contributed by atoms with Crippen molar-refractivity contribution in [3.05, 3.63) is 36.2 Å². The van der Waals surface area contributed by atoms with Gasteiger partial charge < -0.3 is 20.2 Å². The Labute approximate surface area is 180 Å². The predicted octanol–water partition coefficient (Wildman–Crippen LogP) is 1.71. The van der Waals surface area contributed by atoms with Gasteiger partial charge in [-0.05, 0) is 36.7 Å². The summed E-state index contributed by atoms with van der Waals surface area (Å²) in [6, 6.07) is 6.71. The maximum Gasteiger partial charge on any atom is 0.436 e. The maximum absolute atomic E-state index is 12.4. The number of rotatable bonds is 8. The Bertz CT molecular complexity index is 962. The van der Waals surface area contributed by atoms with Crippen LogP contribution in [0.2, 0.25) is 0 Å². The molecule has 3 N–H and O–H groups in total. The van der Waals surface area contributed by atoms with Crippen molar-refractivity contribution in [2.24, 2.45) is 0 Å². The standard InChI is InChI=1S/C21H27N5O5/c1-3-25(4-2)10-9-22-20(29)17-12-15-11-16(6-5-14(15)13-23-17)24-21(30)31-26-18(27)7-8-19(26)28/h5-6,11-13,18,27H,3-4,7-10H2,1-2H3,(H,22,29)(H,24,30). The highest BCUT2D eigenvalue weighted by atomic mass is 16.7. The summed E-state index contributed by atoms with van der Waals surface area (Å²) < 4.78 is 0. The van der Waals surface area contributed by atoms with E-state index in [2.05, 4.69) is 34.4 Å². The van der Waals surface area contributed by atoms with Gasteiger partial charge in [-0.2, -0.15) is 0 Å². The van der Waals surface area contributed by atoms with E-state index in [-0.39, 0.29) is 24.4 Å². The van der Waals surface area contributed by atoms with Crippen LogP contribution in [0.1, 0.15) is 37.2 Å². The first-order chi connectivity index (χ1) is 14.9. The molecule has 3 amide bonds. The molecule has 3 rings (SSSR count). The number of pyridine rings is 1. The molecule has 2 heterocycles. The van der Waals surface area contributed by atoms with E-state index in [0.717, 1.165) is 25.0 Å². The number of amides is 3. The zero-order valence-electron chi connectivity index (χ0n) is 17.6. The SMILES string of the molecule is CCN(CC)CCNC(=O)c1cc2cc(NC(=O)ON3C(=O)CCC3O)ccc2cn1. The van der Waals surface area contributed by atoms with Gasteiger partial charge in [0.15, 0.2) is 6.23 Å². The highest BCUT2D eigenvalue weighted by Crippen LogP contribution is 2.21. The number of fused-ring (bicyclic) bond motifs is 1. The van der Waals surface area contributed by atoms with Gasteiger partial charge in [0.05, 0.1) is 0 Å². The quantitative estimate of drug-likeness (QED) is 0.583. The molecule has 1 aromatic carbocycles. The maximum atomic E-state index is 12.4. The second kappa shape index (κ2) is 10.2. The number of carbonyl (C=O) groups excluding carboxylic acids is 3. The Kier molecular flexibility index (Phi) is 7.37. The minimum Gasteiger partial charge on any atom is -0.370 e. The van der Waals surface area contributed by atoms with Crippen LogP contribution >= 0.6 is 0 Å². The van der Waals surface area contributed by atoms with Crippen molar-refractivity contribution in [3.63, 3.8) is 0 Å². The summed E-state index contributed by atoms with van der Waals surface area (Å²) in [4.78, 5) is 47.4. The second-order valence-corrected chi connectivity index (χ2v) is 7.16. The Morgan fingerprint density at radius 1 is 1.26 bits per heavy atom. The summed E-state index contributed by atoms with van der Waals surface area (Å²) in [6.45, 7) is 7.27. The van der Waals surface area contributed by atoms with Gasteiger partial charge in [-0.25, -0.2) is 4.79 Å². The zero-order valence-corrected chi connectivity index (χ0v) is 17.6. The molecule has 1 aromatic heterocycles. The molecule has 2 aromatic rings. The van der Waals surface area contributed by atoms with Crippen LogP contribution in [0, 0.1) is 0 Å². The van der Waals surface area contributed by atoms with E-state index < -0.39 is 18.2 Å². The molecule has 0 radical (unpaired) electrons. The topological polar surface area (TPSA) is 124 Å². The highest BCUT2D eigenvalue weighted by molar-refractivity contribution is 5.98. The van der Waals surface area contributed by atoms with Gasteiger partial charge in [-0.1, -0.05) is 19.9 Å². The van der Waals surface area contributed by atoms with Gasteiger partial charge >= 0.3 is 6.09 Å². The number of likely N-dealkylation sites (N-methyl/N-ethyl adjacent to an activating group) is 1. The van der Waals surface area contributed by atoms with E-state index in [1.54, 1.807) is 30.5 Å². The molecule has 0 bridgehead atoms. The van der Waals surface area contributed by atoms with E-state index in [0.29, 0.717) is 22.7 Å². The van der Waals surface area contributed by atoms with E-state index >= 15 is 0 Å². The fourth-order valence-corrected chi connectivity index (χ4v) is 3.29. The van der Waals surface area contributed by atoms with Crippen LogP contribution in [0.15, 0.2) is 30.5 Å². The van der Waals surface area contributed by atoms with Gasteiger partial charge in [-0.15, -0.1) is 5.06 Å². The molecule has 0 aliphatic carbocycles. The monoisotopic (exact) mass is 429 g/mol. The largest absolute Gasteiger partial charge is 0.436 e. The molecule has 0 spiro atoms. The van der Waals surface area contributed by atoms with Crippen molar-refractivity contribution >= 4 is 34.4 Å². The molecular weight excluding hydrogens is 402 g/mol. The van der Waals surface area contributed by atoms with Crippen molar-refractivity contribution in [2.45, 2.75) is 32.9 Å². The van der Waals surface area contributed by atoms with E-state index in [1.165, 1.54) is 0 Å². The second-order valence-electron chi connectivity index (χ2n) is 7.16. The molecule has 10 nitrogen and oxygen atoms in total. The van der Waals surface area contributed by atoms with Crippen LogP contribution in [-0.4, -0.2) is 70.4 Å². The number of carbonyl (C=O) groups is 3. The minimum atomic E-state index is -1.14. The molecule has 10 heteroatoms. The number of benzene rings is 1. The van der Waals surface area contributed by atoms with E-state index in [4.69, 9.17) is 4.84 Å². The first-order valence-corrected chi connectivity index (χ1v) is 10.3. The smallest absolute Gasteiger partial charge is 0.370 e. The lowest BCUT2D eigenvalue weighted by atomic mass is 10.1. The number of anilines is 1. The van der Waals surface area contributed by atoms with Crippen molar-refractivity contribution in [2.75, 3.05) is 31.5 Å². The molecular formula is C21H27N5O5. The average molecular weight is 429 g/mol. The van der Waals surface area contributed by atoms with Crippen molar-refractivity contribution < 1.29 is 24.3 Å². The molecule has 1 unspecified atom stereocenters. The molecule has 1 fully saturated rings. The third kappa shape index (κ3) is 5.68. The lowest BCUT2D eigenvalue weighted by Gasteiger charge is -2.18. The van der Waals surface area contributed by atoms with Gasteiger partial charge in [0.1, 0.15) is 5.69 Å². The summed E-state index contributed by atoms with van der Waals surface area (Å²) in [7, 11) is 0. The number of nitrogens with zero attached hydrogens (tertiary/aromatic N) is 3. The van der Waals surface area contributed by atoms with Crippen LogP contribution < -0.4 is 10.6 Å². The Hall–Kier alpha value is -3.24.